The van der Waals surface area contributed by atoms with Crippen molar-refractivity contribution in [1.82, 2.24) is 19.1 Å². The van der Waals surface area contributed by atoms with E-state index >= 15 is 0 Å². The van der Waals surface area contributed by atoms with Gasteiger partial charge in [0, 0.05) is 35.6 Å². The van der Waals surface area contributed by atoms with Crippen molar-refractivity contribution in [1.29, 1.82) is 0 Å². The van der Waals surface area contributed by atoms with Gasteiger partial charge in [-0.3, -0.25) is 4.57 Å². The van der Waals surface area contributed by atoms with Gasteiger partial charge in [-0.15, -0.1) is 0 Å². The molecule has 2 rings (SSSR count). The highest BCUT2D eigenvalue weighted by Gasteiger charge is 2.12. The molecule has 0 saturated carbocycles. The molecular formula is C19H42N6O2Si2. The second-order valence-electron chi connectivity index (χ2n) is 9.30. The highest BCUT2D eigenvalue weighted by Crippen LogP contribution is 2.09. The first kappa shape index (κ1) is 27.4. The number of imidazole rings is 2. The summed E-state index contributed by atoms with van der Waals surface area (Å²) in [5.74, 6) is 1.19. The van der Waals surface area contributed by atoms with Gasteiger partial charge in [0.25, 0.3) is 0 Å². The minimum atomic E-state index is -0.974. The Hall–Kier alpha value is -1.63. The van der Waals surface area contributed by atoms with Gasteiger partial charge in [-0.05, 0) is 12.1 Å². The molecule has 0 spiro atoms. The molecule has 4 N–H and O–H groups in total. The second-order valence-corrected chi connectivity index (χ2v) is 20.5. The molecule has 2 aromatic heterocycles. The van der Waals surface area contributed by atoms with Crippen molar-refractivity contribution >= 4 is 27.8 Å². The van der Waals surface area contributed by atoms with Crippen LogP contribution in [0.15, 0.2) is 25.0 Å². The first-order valence-corrected chi connectivity index (χ1v) is 17.1. The third-order valence-corrected chi connectivity index (χ3v) is 7.27. The molecule has 0 aliphatic heterocycles. The average Bonchev–Trinajstić information content (AvgIpc) is 3.15. The molecule has 0 amide bonds. The molecule has 0 aliphatic carbocycles. The third-order valence-electron chi connectivity index (χ3n) is 3.86. The van der Waals surface area contributed by atoms with E-state index in [4.69, 9.17) is 20.9 Å². The van der Waals surface area contributed by atoms with Crippen molar-refractivity contribution in [2.75, 3.05) is 24.7 Å². The van der Waals surface area contributed by atoms with Crippen LogP contribution in [0.2, 0.25) is 51.4 Å². The molecule has 0 bridgehead atoms. The van der Waals surface area contributed by atoms with E-state index in [1.165, 1.54) is 12.1 Å². The van der Waals surface area contributed by atoms with Gasteiger partial charge in [-0.1, -0.05) is 46.7 Å². The summed E-state index contributed by atoms with van der Waals surface area (Å²) in [6.45, 7) is 16.7. The standard InChI is InChI=1S/2C9H19N3OSi.CH4/c1-14(2,3)5-4-13-8-12-6-9(10)11-7-12;1-14(2,3)5-4-13-8-12-7-11-6-9(12)10;/h2*6-7H,4-5,8,10H2,1-3H3;1H4. The summed E-state index contributed by atoms with van der Waals surface area (Å²) in [5.41, 5.74) is 11.1. The number of hydrogen-bond acceptors (Lipinski definition) is 6. The molecular weight excluding hydrogens is 400 g/mol. The number of nitrogen functional groups attached to an aromatic ring is 2. The van der Waals surface area contributed by atoms with Crippen LogP contribution in [0.3, 0.4) is 0 Å². The van der Waals surface area contributed by atoms with Crippen molar-refractivity contribution in [3.63, 3.8) is 0 Å². The summed E-state index contributed by atoms with van der Waals surface area (Å²) in [7, 11) is -1.94. The van der Waals surface area contributed by atoms with Gasteiger partial charge < -0.3 is 25.5 Å². The quantitative estimate of drug-likeness (QED) is 0.422. The lowest BCUT2D eigenvalue weighted by Gasteiger charge is -2.15. The van der Waals surface area contributed by atoms with Crippen molar-refractivity contribution in [3.8, 4) is 0 Å². The summed E-state index contributed by atoms with van der Waals surface area (Å²) in [6, 6.07) is 2.37. The molecule has 29 heavy (non-hydrogen) atoms. The monoisotopic (exact) mass is 442 g/mol. The summed E-state index contributed by atoms with van der Waals surface area (Å²) >= 11 is 0. The van der Waals surface area contributed by atoms with Crippen LogP contribution in [-0.4, -0.2) is 48.5 Å². The Balaban J connectivity index is 0.000000523. The van der Waals surface area contributed by atoms with Crippen LogP contribution in [-0.2, 0) is 22.9 Å². The van der Waals surface area contributed by atoms with E-state index in [9.17, 15) is 0 Å². The fourth-order valence-electron chi connectivity index (χ4n) is 1.98. The summed E-state index contributed by atoms with van der Waals surface area (Å²) in [5, 5.41) is 0. The van der Waals surface area contributed by atoms with Gasteiger partial charge in [0.1, 0.15) is 25.1 Å². The molecule has 0 fully saturated rings. The molecule has 0 aliphatic rings. The molecule has 8 nitrogen and oxygen atoms in total. The Morgan fingerprint density at radius 1 is 0.897 bits per heavy atom. The van der Waals surface area contributed by atoms with Crippen molar-refractivity contribution in [2.24, 2.45) is 0 Å². The number of nitrogens with two attached hydrogens (primary N) is 2. The highest BCUT2D eigenvalue weighted by atomic mass is 28.3. The lowest BCUT2D eigenvalue weighted by molar-refractivity contribution is 0.0872. The summed E-state index contributed by atoms with van der Waals surface area (Å²) in [4.78, 5) is 7.83. The summed E-state index contributed by atoms with van der Waals surface area (Å²) < 4.78 is 14.7. The first-order valence-electron chi connectivity index (χ1n) is 9.65. The Morgan fingerprint density at radius 3 is 1.86 bits per heavy atom. The predicted octanol–water partition coefficient (Wildman–Crippen LogP) is 4.19. The van der Waals surface area contributed by atoms with E-state index in [2.05, 4.69) is 49.3 Å². The van der Waals surface area contributed by atoms with Crippen LogP contribution in [0.5, 0.6) is 0 Å². The molecule has 0 atom stereocenters. The fourth-order valence-corrected chi connectivity index (χ4v) is 3.49. The molecule has 0 aromatic carbocycles. The van der Waals surface area contributed by atoms with Crippen molar-refractivity contribution in [3.05, 3.63) is 25.0 Å². The number of rotatable bonds is 10. The van der Waals surface area contributed by atoms with Gasteiger partial charge in [0.15, 0.2) is 0 Å². The topological polar surface area (TPSA) is 106 Å². The minimum Gasteiger partial charge on any atom is -0.384 e. The zero-order valence-corrected chi connectivity index (χ0v) is 20.3. The minimum absolute atomic E-state index is 0. The van der Waals surface area contributed by atoms with E-state index in [0.717, 1.165) is 13.2 Å². The largest absolute Gasteiger partial charge is 0.384 e. The molecule has 2 aromatic rings. The van der Waals surface area contributed by atoms with Gasteiger partial charge in [0.2, 0.25) is 0 Å². The van der Waals surface area contributed by atoms with E-state index in [0.29, 0.717) is 25.1 Å². The van der Waals surface area contributed by atoms with Crippen LogP contribution >= 0.6 is 0 Å². The van der Waals surface area contributed by atoms with E-state index in [1.54, 1.807) is 29.6 Å². The number of hydrogen-bond donors (Lipinski definition) is 2. The second kappa shape index (κ2) is 12.8. The summed E-state index contributed by atoms with van der Waals surface area (Å²) in [6.07, 6.45) is 6.77. The maximum Gasteiger partial charge on any atom is 0.141 e. The predicted molar refractivity (Wildman–Crippen MR) is 128 cm³/mol. The zero-order valence-electron chi connectivity index (χ0n) is 18.3. The molecule has 0 radical (unpaired) electrons. The lowest BCUT2D eigenvalue weighted by Crippen LogP contribution is -2.22. The number of ether oxygens (including phenoxy) is 2. The van der Waals surface area contributed by atoms with Crippen LogP contribution < -0.4 is 11.5 Å². The number of anilines is 2. The van der Waals surface area contributed by atoms with E-state index in [-0.39, 0.29) is 7.43 Å². The smallest absolute Gasteiger partial charge is 0.141 e. The lowest BCUT2D eigenvalue weighted by atomic mass is 10.7. The third kappa shape index (κ3) is 14.1. The highest BCUT2D eigenvalue weighted by molar-refractivity contribution is 6.76. The van der Waals surface area contributed by atoms with Crippen LogP contribution in [0.4, 0.5) is 11.6 Å². The van der Waals surface area contributed by atoms with Crippen LogP contribution in [0.25, 0.3) is 0 Å². The van der Waals surface area contributed by atoms with E-state index < -0.39 is 16.1 Å². The molecule has 10 heteroatoms. The van der Waals surface area contributed by atoms with Gasteiger partial charge in [0.05, 0.1) is 18.9 Å². The Bertz CT molecular complexity index is 677. The molecule has 2 heterocycles. The van der Waals surface area contributed by atoms with Gasteiger partial charge >= 0.3 is 0 Å². The van der Waals surface area contributed by atoms with Crippen molar-refractivity contribution < 1.29 is 9.47 Å². The molecule has 168 valence electrons. The normalized spacial score (nSPS) is 11.5. The molecule has 0 saturated heterocycles. The average molecular weight is 443 g/mol. The Morgan fingerprint density at radius 2 is 1.45 bits per heavy atom. The van der Waals surface area contributed by atoms with Gasteiger partial charge in [-0.2, -0.15) is 0 Å². The fraction of sp³-hybridized carbons (Fsp3) is 0.684. The first-order chi connectivity index (χ1) is 13.0. The number of nitrogens with zero attached hydrogens (tertiary/aromatic N) is 4. The Kier molecular flexibility index (Phi) is 12.1. The maximum absolute atomic E-state index is 5.64. The zero-order chi connectivity index (χ0) is 21.2. The number of aromatic nitrogens is 4. The van der Waals surface area contributed by atoms with E-state index in [1.807, 2.05) is 4.57 Å². The van der Waals surface area contributed by atoms with Crippen LogP contribution in [0.1, 0.15) is 7.43 Å². The van der Waals surface area contributed by atoms with Crippen molar-refractivity contribution in [2.45, 2.75) is 72.3 Å². The SMILES string of the molecule is C.C[Si](C)(C)CCOCn1cnc(N)c1.C[Si](C)(C)CCOCn1cncc1N. The Labute approximate surface area is 178 Å². The molecule has 0 unspecified atom stereocenters. The maximum atomic E-state index is 5.64. The van der Waals surface area contributed by atoms with Crippen LogP contribution in [0, 0.1) is 0 Å². The van der Waals surface area contributed by atoms with Gasteiger partial charge in [-0.25, -0.2) is 9.97 Å².